The van der Waals surface area contributed by atoms with Crippen molar-refractivity contribution in [1.82, 2.24) is 5.43 Å². The number of hydrazine groups is 1. The molecule has 0 saturated carbocycles. The Hall–Kier alpha value is -1.30. The summed E-state index contributed by atoms with van der Waals surface area (Å²) in [6.07, 6.45) is 0.900. The summed E-state index contributed by atoms with van der Waals surface area (Å²) in [4.78, 5) is 0. The Balaban J connectivity index is 2.25. The average Bonchev–Trinajstić information content (AvgIpc) is 2.44. The molecule has 0 aromatic heterocycles. The molecule has 1 aromatic rings. The first-order chi connectivity index (χ1) is 8.80. The third-order valence-corrected chi connectivity index (χ3v) is 3.18. The first-order valence-electron chi connectivity index (χ1n) is 6.18. The van der Waals surface area contributed by atoms with E-state index in [4.69, 9.17) is 20.1 Å². The topological polar surface area (TPSA) is 65.7 Å². The summed E-state index contributed by atoms with van der Waals surface area (Å²) in [5, 5.41) is 0. The van der Waals surface area contributed by atoms with Crippen LogP contribution in [0.3, 0.4) is 0 Å². The van der Waals surface area contributed by atoms with Gasteiger partial charge < -0.3 is 14.2 Å². The molecule has 2 atom stereocenters. The lowest BCUT2D eigenvalue weighted by Gasteiger charge is -2.26. The van der Waals surface area contributed by atoms with Gasteiger partial charge in [0.1, 0.15) is 13.2 Å². The maximum atomic E-state index is 5.63. The molecule has 0 radical (unpaired) electrons. The highest BCUT2D eigenvalue weighted by atomic mass is 16.6. The molecule has 1 aliphatic rings. The lowest BCUT2D eigenvalue weighted by Crippen LogP contribution is -2.37. The zero-order chi connectivity index (χ0) is 13.0. The largest absolute Gasteiger partial charge is 0.486 e. The molecule has 100 valence electrons. The van der Waals surface area contributed by atoms with Crippen LogP contribution in [0.2, 0.25) is 0 Å². The summed E-state index contributed by atoms with van der Waals surface area (Å²) in [6, 6.07) is 5.80. The van der Waals surface area contributed by atoms with E-state index >= 15 is 0 Å². The van der Waals surface area contributed by atoms with E-state index in [1.165, 1.54) is 0 Å². The first kappa shape index (κ1) is 13.1. The number of fused-ring (bicyclic) bond motifs is 1. The molecular formula is C13H20N2O3. The van der Waals surface area contributed by atoms with Gasteiger partial charge in [0.2, 0.25) is 0 Å². The zero-order valence-corrected chi connectivity index (χ0v) is 10.8. The van der Waals surface area contributed by atoms with Gasteiger partial charge in [0.25, 0.3) is 0 Å². The number of ether oxygens (including phenoxy) is 3. The quantitative estimate of drug-likeness (QED) is 0.612. The molecule has 0 bridgehead atoms. The zero-order valence-electron chi connectivity index (χ0n) is 10.8. The van der Waals surface area contributed by atoms with Crippen LogP contribution in [0.5, 0.6) is 11.5 Å². The van der Waals surface area contributed by atoms with E-state index in [0.717, 1.165) is 23.5 Å². The van der Waals surface area contributed by atoms with Gasteiger partial charge in [-0.05, 0) is 24.1 Å². The smallest absolute Gasteiger partial charge is 0.161 e. The Morgan fingerprint density at radius 3 is 2.67 bits per heavy atom. The Morgan fingerprint density at radius 2 is 2.06 bits per heavy atom. The standard InChI is InChI=1S/C13H20N2O3/c1-3-10(16-2)13(15-14)9-4-5-11-12(8-9)18-7-6-17-11/h4-5,8,10,13,15H,3,6-7,14H2,1-2H3. The van der Waals surface area contributed by atoms with Gasteiger partial charge in [0.15, 0.2) is 11.5 Å². The van der Waals surface area contributed by atoms with Gasteiger partial charge in [-0.3, -0.25) is 11.3 Å². The normalized spacial score (nSPS) is 17.3. The van der Waals surface area contributed by atoms with Crippen molar-refractivity contribution in [1.29, 1.82) is 0 Å². The summed E-state index contributed by atoms with van der Waals surface area (Å²) in [6.45, 7) is 3.25. The molecule has 3 N–H and O–H groups in total. The van der Waals surface area contributed by atoms with Crippen LogP contribution in [0.25, 0.3) is 0 Å². The van der Waals surface area contributed by atoms with Crippen LogP contribution in [0.15, 0.2) is 18.2 Å². The molecule has 0 amide bonds. The van der Waals surface area contributed by atoms with Crippen molar-refractivity contribution in [3.8, 4) is 11.5 Å². The highest BCUT2D eigenvalue weighted by Crippen LogP contribution is 2.33. The van der Waals surface area contributed by atoms with Crippen molar-refractivity contribution in [2.75, 3.05) is 20.3 Å². The summed E-state index contributed by atoms with van der Waals surface area (Å²) < 4.78 is 16.5. The molecule has 0 fully saturated rings. The molecule has 1 aliphatic heterocycles. The van der Waals surface area contributed by atoms with Crippen LogP contribution in [-0.4, -0.2) is 26.4 Å². The number of methoxy groups -OCH3 is 1. The van der Waals surface area contributed by atoms with Crippen molar-refractivity contribution in [2.45, 2.75) is 25.5 Å². The fourth-order valence-electron chi connectivity index (χ4n) is 2.21. The fraction of sp³-hybridized carbons (Fsp3) is 0.538. The van der Waals surface area contributed by atoms with Gasteiger partial charge in [-0.2, -0.15) is 0 Å². The third-order valence-electron chi connectivity index (χ3n) is 3.18. The van der Waals surface area contributed by atoms with Crippen LogP contribution < -0.4 is 20.7 Å². The van der Waals surface area contributed by atoms with Crippen molar-refractivity contribution in [2.24, 2.45) is 5.84 Å². The molecular weight excluding hydrogens is 232 g/mol. The van der Waals surface area contributed by atoms with Crippen LogP contribution >= 0.6 is 0 Å². The summed E-state index contributed by atoms with van der Waals surface area (Å²) >= 11 is 0. The van der Waals surface area contributed by atoms with E-state index in [1.54, 1.807) is 7.11 Å². The molecule has 1 aromatic carbocycles. The minimum absolute atomic E-state index is 0.0255. The van der Waals surface area contributed by atoms with Gasteiger partial charge in [0, 0.05) is 7.11 Å². The minimum Gasteiger partial charge on any atom is -0.486 e. The van der Waals surface area contributed by atoms with Gasteiger partial charge in [-0.25, -0.2) is 0 Å². The summed E-state index contributed by atoms with van der Waals surface area (Å²) in [5.74, 6) is 7.18. The van der Waals surface area contributed by atoms with Gasteiger partial charge >= 0.3 is 0 Å². The molecule has 0 aliphatic carbocycles. The number of benzene rings is 1. The highest BCUT2D eigenvalue weighted by Gasteiger charge is 2.22. The average molecular weight is 252 g/mol. The fourth-order valence-corrected chi connectivity index (χ4v) is 2.21. The molecule has 0 spiro atoms. The second-order valence-electron chi connectivity index (χ2n) is 4.23. The predicted molar refractivity (Wildman–Crippen MR) is 68.6 cm³/mol. The number of nitrogens with two attached hydrogens (primary N) is 1. The number of nitrogens with one attached hydrogen (secondary N) is 1. The maximum absolute atomic E-state index is 5.63. The van der Waals surface area contributed by atoms with Crippen LogP contribution in [0, 0.1) is 0 Å². The second kappa shape index (κ2) is 6.04. The van der Waals surface area contributed by atoms with E-state index in [2.05, 4.69) is 12.3 Å². The molecule has 2 unspecified atom stereocenters. The Kier molecular flexibility index (Phi) is 4.41. The van der Waals surface area contributed by atoms with Crippen LogP contribution in [0.4, 0.5) is 0 Å². The maximum Gasteiger partial charge on any atom is 0.161 e. The van der Waals surface area contributed by atoms with Crippen LogP contribution in [-0.2, 0) is 4.74 Å². The van der Waals surface area contributed by atoms with Crippen molar-refractivity contribution in [3.05, 3.63) is 23.8 Å². The molecule has 18 heavy (non-hydrogen) atoms. The van der Waals surface area contributed by atoms with Crippen LogP contribution in [0.1, 0.15) is 24.9 Å². The highest BCUT2D eigenvalue weighted by molar-refractivity contribution is 5.44. The van der Waals surface area contributed by atoms with E-state index in [1.807, 2.05) is 18.2 Å². The van der Waals surface area contributed by atoms with Gasteiger partial charge in [0.05, 0.1) is 12.1 Å². The molecule has 1 heterocycles. The van der Waals surface area contributed by atoms with E-state index in [0.29, 0.717) is 13.2 Å². The number of hydrogen-bond acceptors (Lipinski definition) is 5. The lowest BCUT2D eigenvalue weighted by molar-refractivity contribution is 0.0649. The van der Waals surface area contributed by atoms with E-state index in [9.17, 15) is 0 Å². The van der Waals surface area contributed by atoms with Gasteiger partial charge in [-0.15, -0.1) is 0 Å². The Bertz CT molecular complexity index is 394. The predicted octanol–water partition coefficient (Wildman–Crippen LogP) is 1.39. The molecule has 0 saturated heterocycles. The molecule has 2 rings (SSSR count). The van der Waals surface area contributed by atoms with E-state index in [-0.39, 0.29) is 12.1 Å². The Morgan fingerprint density at radius 1 is 1.33 bits per heavy atom. The Labute approximate surface area is 107 Å². The summed E-state index contributed by atoms with van der Waals surface area (Å²) in [7, 11) is 1.69. The minimum atomic E-state index is -0.0594. The van der Waals surface area contributed by atoms with E-state index < -0.39 is 0 Å². The molecule has 5 heteroatoms. The molecule has 5 nitrogen and oxygen atoms in total. The SMILES string of the molecule is CCC(OC)C(NN)c1ccc2c(c1)OCCO2. The van der Waals surface area contributed by atoms with Crippen molar-refractivity contribution in [3.63, 3.8) is 0 Å². The second-order valence-corrected chi connectivity index (χ2v) is 4.23. The first-order valence-corrected chi connectivity index (χ1v) is 6.18. The summed E-state index contributed by atoms with van der Waals surface area (Å²) in [5.41, 5.74) is 3.84. The van der Waals surface area contributed by atoms with Gasteiger partial charge in [-0.1, -0.05) is 13.0 Å². The number of hydrogen-bond donors (Lipinski definition) is 2. The van der Waals surface area contributed by atoms with Crippen molar-refractivity contribution >= 4 is 0 Å². The van der Waals surface area contributed by atoms with Crippen molar-refractivity contribution < 1.29 is 14.2 Å². The third kappa shape index (κ3) is 2.58. The number of rotatable bonds is 5. The monoisotopic (exact) mass is 252 g/mol. The lowest BCUT2D eigenvalue weighted by atomic mass is 9.99.